The van der Waals surface area contributed by atoms with Gasteiger partial charge in [-0.3, -0.25) is 0 Å². The highest BCUT2D eigenvalue weighted by molar-refractivity contribution is 6.00. The fourth-order valence-electron chi connectivity index (χ4n) is 6.52. The lowest BCUT2D eigenvalue weighted by Crippen LogP contribution is -2.51. The zero-order valence-electron chi connectivity index (χ0n) is 24.7. The molecule has 0 bridgehead atoms. The van der Waals surface area contributed by atoms with Crippen LogP contribution >= 0.6 is 0 Å². The van der Waals surface area contributed by atoms with Crippen molar-refractivity contribution in [3.05, 3.63) is 66.0 Å². The lowest BCUT2D eigenvalue weighted by molar-refractivity contribution is -0.00134. The van der Waals surface area contributed by atoms with Gasteiger partial charge in [0, 0.05) is 32.0 Å². The van der Waals surface area contributed by atoms with Crippen molar-refractivity contribution >= 4 is 5.84 Å². The summed E-state index contributed by atoms with van der Waals surface area (Å²) in [6.07, 6.45) is 8.88. The minimum atomic E-state index is -0.0439. The molecule has 3 aromatic rings. The number of hydrogen-bond donors (Lipinski definition) is 1. The van der Waals surface area contributed by atoms with Gasteiger partial charge in [-0.1, -0.05) is 81.6 Å². The van der Waals surface area contributed by atoms with E-state index < -0.39 is 0 Å². The van der Waals surface area contributed by atoms with Crippen LogP contribution in [0.1, 0.15) is 58.4 Å². The van der Waals surface area contributed by atoms with E-state index in [0.717, 1.165) is 42.3 Å². The number of nitrogens with zero attached hydrogens (tertiary/aromatic N) is 7. The first-order chi connectivity index (χ1) is 20.0. The van der Waals surface area contributed by atoms with Crippen LogP contribution < -0.4 is 0 Å². The third kappa shape index (κ3) is 5.73. The second-order valence-corrected chi connectivity index (χ2v) is 12.0. The summed E-state index contributed by atoms with van der Waals surface area (Å²) in [4.78, 5) is 12.8. The first kappa shape index (κ1) is 27.4. The highest BCUT2D eigenvalue weighted by Crippen LogP contribution is 2.39. The molecular weight excluding hydrogens is 512 g/mol. The predicted molar refractivity (Wildman–Crippen MR) is 161 cm³/mol. The number of rotatable bonds is 9. The van der Waals surface area contributed by atoms with E-state index in [0.29, 0.717) is 17.7 Å². The number of tetrazole rings is 1. The van der Waals surface area contributed by atoms with Crippen LogP contribution in [0.2, 0.25) is 0 Å². The van der Waals surface area contributed by atoms with E-state index in [1.165, 1.54) is 43.4 Å². The van der Waals surface area contributed by atoms with Gasteiger partial charge < -0.3 is 19.4 Å². The summed E-state index contributed by atoms with van der Waals surface area (Å²) in [6.45, 7) is 9.30. The molecule has 0 amide bonds. The normalized spacial score (nSPS) is 20.3. The van der Waals surface area contributed by atoms with Gasteiger partial charge in [0.15, 0.2) is 5.84 Å². The molecule has 1 N–H and O–H groups in total. The van der Waals surface area contributed by atoms with Crippen molar-refractivity contribution in [3.8, 4) is 22.5 Å². The Bertz CT molecular complexity index is 1360. The van der Waals surface area contributed by atoms with E-state index in [1.54, 1.807) is 7.11 Å². The Labute approximate surface area is 243 Å². The largest absolute Gasteiger partial charge is 0.362 e. The molecule has 0 saturated heterocycles. The highest BCUT2D eigenvalue weighted by Gasteiger charge is 2.42. The van der Waals surface area contributed by atoms with Crippen molar-refractivity contribution in [2.24, 2.45) is 16.8 Å². The van der Waals surface area contributed by atoms with Crippen molar-refractivity contribution < 1.29 is 4.74 Å². The van der Waals surface area contributed by atoms with Crippen LogP contribution in [-0.2, 0) is 11.3 Å². The van der Waals surface area contributed by atoms with Gasteiger partial charge >= 0.3 is 0 Å². The second kappa shape index (κ2) is 12.0. The molecular formula is C32H42N8O. The highest BCUT2D eigenvalue weighted by atomic mass is 16.5. The zero-order valence-corrected chi connectivity index (χ0v) is 24.7. The van der Waals surface area contributed by atoms with Gasteiger partial charge in [0.05, 0.1) is 12.4 Å². The van der Waals surface area contributed by atoms with E-state index in [1.807, 2.05) is 12.1 Å². The van der Waals surface area contributed by atoms with Crippen molar-refractivity contribution in [2.45, 2.75) is 71.8 Å². The van der Waals surface area contributed by atoms with Crippen LogP contribution in [0.4, 0.5) is 0 Å². The number of nitrogens with one attached hydrogen (secondary N) is 1. The van der Waals surface area contributed by atoms with E-state index in [-0.39, 0.29) is 12.4 Å². The molecule has 6 rings (SSSR count). The average Bonchev–Trinajstić information content (AvgIpc) is 3.66. The summed E-state index contributed by atoms with van der Waals surface area (Å²) in [5.41, 5.74) is 5.69. The molecule has 216 valence electrons. The van der Waals surface area contributed by atoms with Crippen molar-refractivity contribution in [2.75, 3.05) is 20.3 Å². The topological polar surface area (TPSA) is 85.8 Å². The first-order valence-electron chi connectivity index (χ1n) is 15.0. The van der Waals surface area contributed by atoms with E-state index in [9.17, 15) is 0 Å². The number of H-pyrrole nitrogens is 1. The van der Waals surface area contributed by atoms with Crippen LogP contribution in [-0.4, -0.2) is 73.9 Å². The Hall–Kier alpha value is -3.72. The summed E-state index contributed by atoms with van der Waals surface area (Å²) in [5, 5.41) is 14.7. The molecule has 1 fully saturated rings. The molecule has 2 aromatic carbocycles. The number of aromatic nitrogens is 4. The third-order valence-corrected chi connectivity index (χ3v) is 8.61. The Kier molecular flexibility index (Phi) is 8.05. The number of hydrogen-bond acceptors (Lipinski definition) is 8. The first-order valence-corrected chi connectivity index (χ1v) is 15.0. The molecule has 3 heterocycles. The summed E-state index contributed by atoms with van der Waals surface area (Å²) >= 11 is 0. The summed E-state index contributed by atoms with van der Waals surface area (Å²) in [5.74, 6) is 2.83. The van der Waals surface area contributed by atoms with Gasteiger partial charge in [-0.2, -0.15) is 5.21 Å². The molecule has 41 heavy (non-hydrogen) atoms. The molecule has 0 radical (unpaired) electrons. The fourth-order valence-corrected chi connectivity index (χ4v) is 6.52. The molecule has 9 nitrogen and oxygen atoms in total. The van der Waals surface area contributed by atoms with Gasteiger partial charge in [0.1, 0.15) is 12.4 Å². The van der Waals surface area contributed by atoms with Crippen LogP contribution in [0.25, 0.3) is 22.5 Å². The second-order valence-electron chi connectivity index (χ2n) is 12.0. The van der Waals surface area contributed by atoms with Crippen LogP contribution in [0.5, 0.6) is 0 Å². The molecule has 9 heteroatoms. The lowest BCUT2D eigenvalue weighted by atomic mass is 9.86. The van der Waals surface area contributed by atoms with Gasteiger partial charge in [-0.15, -0.1) is 10.2 Å². The molecule has 2 unspecified atom stereocenters. The maximum Gasteiger partial charge on any atom is 0.205 e. The monoisotopic (exact) mass is 554 g/mol. The fraction of sp³-hybridized carbons (Fsp3) is 0.500. The Balaban J connectivity index is 1.31. The van der Waals surface area contributed by atoms with Gasteiger partial charge in [0.25, 0.3) is 0 Å². The summed E-state index contributed by atoms with van der Waals surface area (Å²) < 4.78 is 5.83. The predicted octanol–water partition coefficient (Wildman–Crippen LogP) is 5.72. The minimum absolute atomic E-state index is 0.0439. The Morgan fingerprint density at radius 1 is 0.976 bits per heavy atom. The number of ether oxygens (including phenoxy) is 1. The third-order valence-electron chi connectivity index (χ3n) is 8.61. The number of aliphatic imine (C=N–C) groups is 1. The summed E-state index contributed by atoms with van der Waals surface area (Å²) in [6, 6.07) is 17.1. The minimum Gasteiger partial charge on any atom is -0.362 e. The maximum absolute atomic E-state index is 5.83. The molecule has 2 atom stereocenters. The maximum atomic E-state index is 5.83. The number of aromatic amines is 1. The molecule has 3 aliphatic rings. The lowest BCUT2D eigenvalue weighted by Gasteiger charge is -2.41. The number of methoxy groups -OCH3 is 1. The van der Waals surface area contributed by atoms with Gasteiger partial charge in [-0.25, -0.2) is 4.99 Å². The molecule has 1 aliphatic carbocycles. The zero-order chi connectivity index (χ0) is 28.3. The van der Waals surface area contributed by atoms with Crippen LogP contribution in [0.3, 0.4) is 0 Å². The van der Waals surface area contributed by atoms with Crippen LogP contribution in [0.15, 0.2) is 65.4 Å². The van der Waals surface area contributed by atoms with Crippen molar-refractivity contribution in [1.29, 1.82) is 0 Å². The van der Waals surface area contributed by atoms with E-state index in [4.69, 9.17) is 9.73 Å². The SMILES string of the molecule is COC(C)N1CN(CC(C)C)C=C2C1=NC(C1CCCCC1)N2Cc1ccc(-c2ccccc2-c2nn[nH]n2)cc1. The summed E-state index contributed by atoms with van der Waals surface area (Å²) in [7, 11) is 1.79. The average molecular weight is 555 g/mol. The number of amidine groups is 1. The van der Waals surface area contributed by atoms with Crippen molar-refractivity contribution in [3.63, 3.8) is 0 Å². The molecule has 1 aromatic heterocycles. The van der Waals surface area contributed by atoms with E-state index >= 15 is 0 Å². The van der Waals surface area contributed by atoms with Crippen LogP contribution in [0, 0.1) is 11.8 Å². The van der Waals surface area contributed by atoms with Gasteiger partial charge in [0.2, 0.25) is 5.82 Å². The van der Waals surface area contributed by atoms with E-state index in [2.05, 4.69) is 98.7 Å². The molecule has 1 saturated carbocycles. The quantitative estimate of drug-likeness (QED) is 0.362. The Morgan fingerprint density at radius 2 is 1.73 bits per heavy atom. The Morgan fingerprint density at radius 3 is 2.41 bits per heavy atom. The van der Waals surface area contributed by atoms with Crippen molar-refractivity contribution in [1.82, 2.24) is 35.3 Å². The number of fused-ring (bicyclic) bond motifs is 1. The van der Waals surface area contributed by atoms with Gasteiger partial charge in [-0.05, 0) is 53.5 Å². The molecule has 0 spiro atoms. The smallest absolute Gasteiger partial charge is 0.205 e. The number of benzene rings is 2. The standard InChI is InChI=1S/C32H42N8O/c1-22(2)18-38-20-29-32(40(21-38)23(3)41-4)33-31(26-10-6-5-7-11-26)39(29)19-24-14-16-25(17-15-24)27-12-8-9-13-28(27)30-34-36-37-35-30/h8-9,12-17,20,22-23,26,31H,5-7,10-11,18-19,21H2,1-4H3,(H,34,35,36,37). The molecule has 2 aliphatic heterocycles.